The molecule has 180 valence electrons. The Bertz CT molecular complexity index is 904. The lowest BCUT2D eigenvalue weighted by molar-refractivity contribution is -0.157. The minimum Gasteiger partial charge on any atom is -0.450 e. The number of likely N-dealkylation sites (tertiary alicyclic amines) is 1. The fraction of sp³-hybridized carbons (Fsp3) is 0.704. The molecule has 1 aromatic rings. The molecule has 0 spiro atoms. The van der Waals surface area contributed by atoms with Gasteiger partial charge in [0.1, 0.15) is 5.60 Å². The smallest absolute Gasteiger partial charge is 0.450 e. The van der Waals surface area contributed by atoms with Gasteiger partial charge in [-0.1, -0.05) is 24.3 Å². The number of carbonyl (C=O) groups is 2. The van der Waals surface area contributed by atoms with Crippen molar-refractivity contribution in [1.29, 1.82) is 0 Å². The van der Waals surface area contributed by atoms with E-state index in [1.54, 1.807) is 0 Å². The molecule has 1 heterocycles. The van der Waals surface area contributed by atoms with Crippen LogP contribution in [0.4, 0.5) is 4.79 Å². The maximum absolute atomic E-state index is 13.5. The lowest BCUT2D eigenvalue weighted by Gasteiger charge is -2.59. The van der Waals surface area contributed by atoms with E-state index in [4.69, 9.17) is 4.74 Å². The highest BCUT2D eigenvalue weighted by molar-refractivity contribution is 5.85. The van der Waals surface area contributed by atoms with Crippen molar-refractivity contribution in [3.8, 4) is 0 Å². The summed E-state index contributed by atoms with van der Waals surface area (Å²) in [5.74, 6) is 1.85. The summed E-state index contributed by atoms with van der Waals surface area (Å²) in [7, 11) is 0. The molecule has 4 saturated carbocycles. The molecule has 6 rings (SSSR count). The van der Waals surface area contributed by atoms with Gasteiger partial charge >= 0.3 is 6.16 Å². The third-order valence-electron chi connectivity index (χ3n) is 9.29. The van der Waals surface area contributed by atoms with Crippen LogP contribution in [0.25, 0.3) is 0 Å². The van der Waals surface area contributed by atoms with Gasteiger partial charge in [0, 0.05) is 6.04 Å². The van der Waals surface area contributed by atoms with Crippen LogP contribution in [0.5, 0.6) is 0 Å². The Hall–Kier alpha value is -2.08. The number of nitrogens with one attached hydrogen (secondary N) is 1. The molecule has 6 heteroatoms. The highest BCUT2D eigenvalue weighted by Crippen LogP contribution is 2.57. The minimum absolute atomic E-state index is 0.113. The number of carbonyl (C=O) groups excluding carboxylic acids is 1. The Morgan fingerprint density at radius 2 is 1.73 bits per heavy atom. The van der Waals surface area contributed by atoms with Gasteiger partial charge in [-0.25, -0.2) is 4.79 Å². The van der Waals surface area contributed by atoms with E-state index in [1.807, 2.05) is 0 Å². The van der Waals surface area contributed by atoms with E-state index in [2.05, 4.69) is 55.3 Å². The van der Waals surface area contributed by atoms with E-state index in [0.29, 0.717) is 23.7 Å². The van der Waals surface area contributed by atoms with Crippen molar-refractivity contribution in [2.24, 2.45) is 17.8 Å². The third-order valence-corrected chi connectivity index (χ3v) is 9.29. The van der Waals surface area contributed by atoms with Crippen molar-refractivity contribution < 1.29 is 19.4 Å². The molecule has 33 heavy (non-hydrogen) atoms. The molecule has 2 N–H and O–H groups in total. The zero-order chi connectivity index (χ0) is 23.4. The van der Waals surface area contributed by atoms with Crippen molar-refractivity contribution in [1.82, 2.24) is 10.2 Å². The molecule has 1 aliphatic heterocycles. The van der Waals surface area contributed by atoms with Crippen LogP contribution in [-0.4, -0.2) is 52.3 Å². The number of hydrogen-bond acceptors (Lipinski definition) is 4. The SMILES string of the molecule is Cc1ccccc1C1CCN(C(C)(C)C(=O)NC2C3CC4CC2CC(OC(=O)O)(C4)C3)CC1. The van der Waals surface area contributed by atoms with Gasteiger partial charge in [-0.15, -0.1) is 0 Å². The van der Waals surface area contributed by atoms with Gasteiger partial charge in [0.05, 0.1) is 5.54 Å². The summed E-state index contributed by atoms with van der Waals surface area (Å²) in [6.07, 6.45) is 5.50. The van der Waals surface area contributed by atoms with Gasteiger partial charge in [-0.3, -0.25) is 9.69 Å². The number of carboxylic acid groups (broad SMARTS) is 1. The second kappa shape index (κ2) is 8.30. The first-order chi connectivity index (χ1) is 15.7. The zero-order valence-electron chi connectivity index (χ0n) is 20.2. The second-order valence-corrected chi connectivity index (χ2v) is 11.7. The molecular weight excluding hydrogens is 416 g/mol. The third kappa shape index (κ3) is 4.16. The van der Waals surface area contributed by atoms with Crippen LogP contribution in [0.1, 0.15) is 75.8 Å². The molecule has 0 radical (unpaired) electrons. The number of nitrogens with zero attached hydrogens (tertiary/aromatic N) is 1. The summed E-state index contributed by atoms with van der Waals surface area (Å²) in [5, 5.41) is 12.7. The Kier molecular flexibility index (Phi) is 5.71. The summed E-state index contributed by atoms with van der Waals surface area (Å²) < 4.78 is 5.42. The average Bonchev–Trinajstić information content (AvgIpc) is 2.75. The molecule has 0 aromatic heterocycles. The maximum atomic E-state index is 13.5. The number of rotatable bonds is 5. The predicted molar refractivity (Wildman–Crippen MR) is 126 cm³/mol. The van der Waals surface area contributed by atoms with E-state index in [-0.39, 0.29) is 11.9 Å². The van der Waals surface area contributed by atoms with Gasteiger partial charge in [-0.05, 0) is 114 Å². The lowest BCUT2D eigenvalue weighted by Crippen LogP contribution is -2.66. The standard InChI is InChI=1S/C27H38N2O4/c1-17-6-4-5-7-22(17)19-8-10-29(11-9-19)26(2,3)24(30)28-23-20-12-18-13-21(23)16-27(14-18,15-20)33-25(31)32/h4-7,18-21,23H,8-16H2,1-3H3,(H,28,30)(H,31,32). The summed E-state index contributed by atoms with van der Waals surface area (Å²) in [4.78, 5) is 27.2. The van der Waals surface area contributed by atoms with Crippen molar-refractivity contribution in [2.75, 3.05) is 13.1 Å². The monoisotopic (exact) mass is 454 g/mol. The van der Waals surface area contributed by atoms with Gasteiger partial charge in [0.25, 0.3) is 0 Å². The van der Waals surface area contributed by atoms with Crippen LogP contribution < -0.4 is 5.32 Å². The van der Waals surface area contributed by atoms with Crippen LogP contribution in [0, 0.1) is 24.7 Å². The van der Waals surface area contributed by atoms with Crippen LogP contribution in [0.15, 0.2) is 24.3 Å². The molecule has 1 amide bonds. The first kappa shape index (κ1) is 22.7. The zero-order valence-corrected chi connectivity index (χ0v) is 20.2. The molecule has 1 saturated heterocycles. The predicted octanol–water partition coefficient (Wildman–Crippen LogP) is 4.71. The molecule has 2 atom stereocenters. The van der Waals surface area contributed by atoms with Crippen LogP contribution in [0.3, 0.4) is 0 Å². The summed E-state index contributed by atoms with van der Waals surface area (Å²) in [5.41, 5.74) is 1.74. The van der Waals surface area contributed by atoms with E-state index in [9.17, 15) is 14.7 Å². The highest BCUT2D eigenvalue weighted by atomic mass is 16.7. The summed E-state index contributed by atoms with van der Waals surface area (Å²) in [6.45, 7) is 8.15. The Balaban J connectivity index is 1.21. The quantitative estimate of drug-likeness (QED) is 0.630. The normalized spacial score (nSPS) is 34.3. The fourth-order valence-electron chi connectivity index (χ4n) is 7.76. The van der Waals surface area contributed by atoms with Gasteiger partial charge in [0.2, 0.25) is 5.91 Å². The molecule has 1 aromatic carbocycles. The van der Waals surface area contributed by atoms with Crippen LogP contribution in [-0.2, 0) is 9.53 Å². The molecule has 4 bridgehead atoms. The Morgan fingerprint density at radius 1 is 1.09 bits per heavy atom. The van der Waals surface area contributed by atoms with Crippen molar-refractivity contribution in [2.45, 2.75) is 88.8 Å². The lowest BCUT2D eigenvalue weighted by atomic mass is 9.52. The number of hydrogen-bond donors (Lipinski definition) is 2. The van der Waals surface area contributed by atoms with Crippen LogP contribution >= 0.6 is 0 Å². The molecule has 4 aliphatic carbocycles. The fourth-order valence-corrected chi connectivity index (χ4v) is 7.76. The first-order valence-corrected chi connectivity index (χ1v) is 12.7. The number of aryl methyl sites for hydroxylation is 1. The Morgan fingerprint density at radius 3 is 2.33 bits per heavy atom. The highest BCUT2D eigenvalue weighted by Gasteiger charge is 2.58. The number of ether oxygens (including phenoxy) is 1. The van der Waals surface area contributed by atoms with E-state index < -0.39 is 17.3 Å². The summed E-state index contributed by atoms with van der Waals surface area (Å²) >= 11 is 0. The van der Waals surface area contributed by atoms with Crippen molar-refractivity contribution in [3.05, 3.63) is 35.4 Å². The molecule has 2 unspecified atom stereocenters. The van der Waals surface area contributed by atoms with E-state index in [0.717, 1.165) is 58.0 Å². The molecular formula is C27H38N2O4. The van der Waals surface area contributed by atoms with Crippen LogP contribution in [0.2, 0.25) is 0 Å². The van der Waals surface area contributed by atoms with Crippen molar-refractivity contribution in [3.63, 3.8) is 0 Å². The maximum Gasteiger partial charge on any atom is 0.506 e. The molecule has 6 nitrogen and oxygen atoms in total. The van der Waals surface area contributed by atoms with E-state index >= 15 is 0 Å². The van der Waals surface area contributed by atoms with Gasteiger partial charge < -0.3 is 15.2 Å². The topological polar surface area (TPSA) is 78.9 Å². The number of amides is 1. The molecule has 5 aliphatic rings. The van der Waals surface area contributed by atoms with Gasteiger partial charge in [-0.2, -0.15) is 0 Å². The number of piperidine rings is 1. The summed E-state index contributed by atoms with van der Waals surface area (Å²) in [6, 6.07) is 8.81. The Labute approximate surface area is 197 Å². The molecule has 5 fully saturated rings. The van der Waals surface area contributed by atoms with E-state index in [1.165, 1.54) is 11.1 Å². The number of benzene rings is 1. The second-order valence-electron chi connectivity index (χ2n) is 11.7. The van der Waals surface area contributed by atoms with Gasteiger partial charge in [0.15, 0.2) is 0 Å². The minimum atomic E-state index is -1.16. The largest absolute Gasteiger partial charge is 0.506 e. The first-order valence-electron chi connectivity index (χ1n) is 12.7. The average molecular weight is 455 g/mol. The van der Waals surface area contributed by atoms with Crippen molar-refractivity contribution >= 4 is 12.1 Å².